The molecule has 0 aromatic heterocycles. The third kappa shape index (κ3) is 4.84. The Morgan fingerprint density at radius 2 is 1.62 bits per heavy atom. The number of rotatable bonds is 9. The summed E-state index contributed by atoms with van der Waals surface area (Å²) < 4.78 is 35.3. The van der Waals surface area contributed by atoms with Gasteiger partial charge >= 0.3 is 0 Å². The maximum Gasteiger partial charge on any atom is 0.295 e. The molecule has 1 atom stereocenters. The Labute approximate surface area is 197 Å². The highest BCUT2D eigenvalue weighted by Gasteiger charge is 2.46. The normalized spacial score (nSPS) is 17.4. The van der Waals surface area contributed by atoms with E-state index in [2.05, 4.69) is 0 Å². The van der Waals surface area contributed by atoms with Crippen LogP contribution < -0.4 is 14.2 Å². The molecule has 8 nitrogen and oxygen atoms in total. The summed E-state index contributed by atoms with van der Waals surface area (Å²) in [6.07, 6.45) is -0.0735. The molecule has 1 saturated heterocycles. The number of Topliss-reactive ketones (excluding diaryl/α,β-unsaturated/α-hetero) is 1. The second-order valence-electron chi connectivity index (χ2n) is 7.88. The van der Waals surface area contributed by atoms with Crippen LogP contribution in [0.25, 0.3) is 5.76 Å². The van der Waals surface area contributed by atoms with E-state index in [0.29, 0.717) is 22.8 Å². The van der Waals surface area contributed by atoms with Gasteiger partial charge in [-0.2, -0.15) is 0 Å². The molecule has 182 valence electrons. The lowest BCUT2D eigenvalue weighted by molar-refractivity contribution is -0.140. The number of aliphatic hydroxyl groups excluding tert-OH is 1. The second kappa shape index (κ2) is 10.6. The van der Waals surface area contributed by atoms with Gasteiger partial charge in [-0.1, -0.05) is 0 Å². The van der Waals surface area contributed by atoms with Crippen molar-refractivity contribution in [2.45, 2.75) is 26.0 Å². The summed E-state index contributed by atoms with van der Waals surface area (Å²) in [5.41, 5.74) is 0.535. The van der Waals surface area contributed by atoms with Gasteiger partial charge in [-0.3, -0.25) is 9.59 Å². The van der Waals surface area contributed by atoms with Gasteiger partial charge in [-0.15, -0.1) is 0 Å². The molecule has 3 rings (SSSR count). The lowest BCUT2D eigenvalue weighted by atomic mass is 9.94. The topological polar surface area (TPSA) is 94.5 Å². The monoisotopic (exact) mass is 473 g/mol. The number of aliphatic hydroxyl groups is 1. The van der Waals surface area contributed by atoms with Crippen LogP contribution >= 0.6 is 0 Å². The molecule has 1 N–H and O–H groups in total. The Morgan fingerprint density at radius 1 is 1.03 bits per heavy atom. The van der Waals surface area contributed by atoms with E-state index < -0.39 is 29.3 Å². The summed E-state index contributed by atoms with van der Waals surface area (Å²) in [7, 11) is 4.37. The number of carbonyl (C=O) groups excluding carboxylic acids is 2. The third-order valence-electron chi connectivity index (χ3n) is 5.44. The molecule has 2 aromatic rings. The molecule has 0 spiro atoms. The second-order valence-corrected chi connectivity index (χ2v) is 7.88. The van der Waals surface area contributed by atoms with Gasteiger partial charge in [0.15, 0.2) is 11.5 Å². The molecule has 2 aromatic carbocycles. The minimum Gasteiger partial charge on any atom is -0.507 e. The van der Waals surface area contributed by atoms with Gasteiger partial charge in [0, 0.05) is 12.1 Å². The molecule has 0 bridgehead atoms. The van der Waals surface area contributed by atoms with Crippen molar-refractivity contribution in [3.8, 4) is 17.2 Å². The predicted octanol–water partition coefficient (Wildman–Crippen LogP) is 3.70. The summed E-state index contributed by atoms with van der Waals surface area (Å²) in [5.74, 6) is -1.56. The zero-order valence-corrected chi connectivity index (χ0v) is 19.8. The van der Waals surface area contributed by atoms with E-state index in [1.54, 1.807) is 12.1 Å². The van der Waals surface area contributed by atoms with Crippen LogP contribution in [-0.4, -0.2) is 62.3 Å². The number of likely N-dealkylation sites (tertiary alicyclic amines) is 1. The average Bonchev–Trinajstić information content (AvgIpc) is 3.07. The van der Waals surface area contributed by atoms with Crippen LogP contribution in [0, 0.1) is 5.82 Å². The number of amides is 1. The highest BCUT2D eigenvalue weighted by Crippen LogP contribution is 2.45. The lowest BCUT2D eigenvalue weighted by Crippen LogP contribution is -2.33. The first-order valence-electron chi connectivity index (χ1n) is 10.7. The molecule has 0 saturated carbocycles. The van der Waals surface area contributed by atoms with E-state index in [-0.39, 0.29) is 30.4 Å². The summed E-state index contributed by atoms with van der Waals surface area (Å²) in [5, 5.41) is 11.1. The van der Waals surface area contributed by atoms with Crippen LogP contribution in [0.5, 0.6) is 17.2 Å². The number of hydrogen-bond acceptors (Lipinski definition) is 7. The van der Waals surface area contributed by atoms with E-state index in [1.165, 1.54) is 38.4 Å². The quantitative estimate of drug-likeness (QED) is 0.337. The number of hydrogen-bond donors (Lipinski definition) is 1. The van der Waals surface area contributed by atoms with Crippen LogP contribution in [0.3, 0.4) is 0 Å². The first kappa shape index (κ1) is 25.0. The fourth-order valence-corrected chi connectivity index (χ4v) is 3.87. The Bertz CT molecular complexity index is 1070. The van der Waals surface area contributed by atoms with Gasteiger partial charge in [0.2, 0.25) is 5.75 Å². The number of carbonyl (C=O) groups is 2. The SMILES string of the molecule is COc1cc(C2/C(=C(\O)c3ccc(F)cc3)C(=O)C(=O)N2CCOC(C)C)cc(OC)c1OC. The molecular formula is C25H28FNO7. The zero-order valence-electron chi connectivity index (χ0n) is 19.8. The van der Waals surface area contributed by atoms with Crippen molar-refractivity contribution in [3.05, 3.63) is 58.9 Å². The number of nitrogens with zero attached hydrogens (tertiary/aromatic N) is 1. The van der Waals surface area contributed by atoms with Gasteiger partial charge in [0.1, 0.15) is 11.6 Å². The van der Waals surface area contributed by atoms with E-state index in [0.717, 1.165) is 12.1 Å². The van der Waals surface area contributed by atoms with Crippen molar-refractivity contribution in [2.24, 2.45) is 0 Å². The first-order valence-corrected chi connectivity index (χ1v) is 10.7. The molecule has 1 unspecified atom stereocenters. The number of benzene rings is 2. The van der Waals surface area contributed by atoms with Crippen molar-refractivity contribution in [1.29, 1.82) is 0 Å². The predicted molar refractivity (Wildman–Crippen MR) is 123 cm³/mol. The smallest absolute Gasteiger partial charge is 0.295 e. The molecular weight excluding hydrogens is 445 g/mol. The third-order valence-corrected chi connectivity index (χ3v) is 5.44. The van der Waals surface area contributed by atoms with Crippen LogP contribution in [0.1, 0.15) is 31.0 Å². The summed E-state index contributed by atoms with van der Waals surface area (Å²) in [4.78, 5) is 27.5. The maximum absolute atomic E-state index is 13.4. The Kier molecular flexibility index (Phi) is 7.78. The van der Waals surface area contributed by atoms with Gasteiger partial charge in [-0.25, -0.2) is 4.39 Å². The van der Waals surface area contributed by atoms with Crippen molar-refractivity contribution >= 4 is 17.4 Å². The average molecular weight is 473 g/mol. The molecule has 1 amide bonds. The summed E-state index contributed by atoms with van der Waals surface area (Å²) in [6, 6.07) is 7.28. The van der Waals surface area contributed by atoms with Crippen molar-refractivity contribution in [1.82, 2.24) is 4.90 Å². The molecule has 1 aliphatic rings. The van der Waals surface area contributed by atoms with E-state index >= 15 is 0 Å². The molecule has 9 heteroatoms. The van der Waals surface area contributed by atoms with Crippen molar-refractivity contribution < 1.29 is 38.0 Å². The Morgan fingerprint density at radius 3 is 2.12 bits per heavy atom. The molecule has 1 aliphatic heterocycles. The minimum absolute atomic E-state index is 0.0735. The highest BCUT2D eigenvalue weighted by molar-refractivity contribution is 6.46. The lowest BCUT2D eigenvalue weighted by Gasteiger charge is -2.26. The largest absolute Gasteiger partial charge is 0.507 e. The number of methoxy groups -OCH3 is 3. The van der Waals surface area contributed by atoms with Crippen molar-refractivity contribution in [3.63, 3.8) is 0 Å². The molecule has 1 fully saturated rings. The highest BCUT2D eigenvalue weighted by atomic mass is 19.1. The molecule has 1 heterocycles. The maximum atomic E-state index is 13.4. The Hall–Kier alpha value is -3.59. The van der Waals surface area contributed by atoms with Gasteiger partial charge < -0.3 is 29.0 Å². The zero-order chi connectivity index (χ0) is 25.0. The molecule has 0 aliphatic carbocycles. The molecule has 0 radical (unpaired) electrons. The van der Waals surface area contributed by atoms with E-state index in [9.17, 15) is 19.1 Å². The van der Waals surface area contributed by atoms with Gasteiger partial charge in [-0.05, 0) is 55.8 Å². The standard InChI is InChI=1S/C25H28FNO7/c1-14(2)34-11-10-27-21(16-12-18(31-3)24(33-5)19(13-16)32-4)20(23(29)25(27)30)22(28)15-6-8-17(26)9-7-15/h6-9,12-14,21,28H,10-11H2,1-5H3/b22-20+. The van der Waals surface area contributed by atoms with E-state index in [1.807, 2.05) is 13.8 Å². The fourth-order valence-electron chi connectivity index (χ4n) is 3.87. The summed E-state index contributed by atoms with van der Waals surface area (Å²) in [6.45, 7) is 4.01. The Balaban J connectivity index is 2.21. The number of ketones is 1. The number of ether oxygens (including phenoxy) is 4. The summed E-state index contributed by atoms with van der Waals surface area (Å²) >= 11 is 0. The van der Waals surface area contributed by atoms with Crippen LogP contribution in [0.4, 0.5) is 4.39 Å². The van der Waals surface area contributed by atoms with E-state index in [4.69, 9.17) is 18.9 Å². The minimum atomic E-state index is -0.963. The molecule has 34 heavy (non-hydrogen) atoms. The van der Waals surface area contributed by atoms with Crippen LogP contribution in [0.2, 0.25) is 0 Å². The fraction of sp³-hybridized carbons (Fsp3) is 0.360. The van der Waals surface area contributed by atoms with Gasteiger partial charge in [0.25, 0.3) is 11.7 Å². The van der Waals surface area contributed by atoms with Crippen LogP contribution in [-0.2, 0) is 14.3 Å². The van der Waals surface area contributed by atoms with Crippen LogP contribution in [0.15, 0.2) is 42.0 Å². The van der Waals surface area contributed by atoms with Gasteiger partial charge in [0.05, 0.1) is 45.7 Å². The first-order chi connectivity index (χ1) is 16.2. The number of halogens is 1. The van der Waals surface area contributed by atoms with Crippen molar-refractivity contribution in [2.75, 3.05) is 34.5 Å².